The number of piperidine rings is 1. The molecule has 78 valence electrons. The molecule has 0 aromatic rings. The maximum Gasteiger partial charge on any atom is 0.250 e. The Hall–Kier alpha value is -0.260. The summed E-state index contributed by atoms with van der Waals surface area (Å²) in [6, 6.07) is -0.313. The number of aliphatic hydroxyl groups excluding tert-OH is 1. The van der Waals surface area contributed by atoms with Gasteiger partial charge in [-0.15, -0.1) is 0 Å². The molecule has 1 heterocycles. The minimum absolute atomic E-state index is 0.0904. The van der Waals surface area contributed by atoms with E-state index in [4.69, 9.17) is 10.8 Å². The number of nitrogens with zero attached hydrogens (tertiary/aromatic N) is 1. The third kappa shape index (κ3) is 3.54. The number of hydrogen-bond acceptors (Lipinski definition) is 3. The van der Waals surface area contributed by atoms with Gasteiger partial charge in [0.15, 0.2) is 0 Å². The zero-order chi connectivity index (χ0) is 9.90. The Morgan fingerprint density at radius 1 is 1.38 bits per heavy atom. The summed E-state index contributed by atoms with van der Waals surface area (Å²) in [6.45, 7) is 1.17. The Morgan fingerprint density at radius 2 is 1.92 bits per heavy atom. The maximum absolute atomic E-state index is 12.7. The van der Waals surface area contributed by atoms with Crippen molar-refractivity contribution in [2.45, 2.75) is 24.8 Å². The van der Waals surface area contributed by atoms with Gasteiger partial charge in [0, 0.05) is 38.5 Å². The summed E-state index contributed by atoms with van der Waals surface area (Å²) >= 11 is 0. The van der Waals surface area contributed by atoms with Crippen molar-refractivity contribution in [1.29, 1.82) is 0 Å². The summed E-state index contributed by atoms with van der Waals surface area (Å²) in [5.74, 6) is -2.50. The predicted octanol–water partition coefficient (Wildman–Crippen LogP) is 0.0371. The van der Waals surface area contributed by atoms with Crippen LogP contribution in [0.1, 0.15) is 12.8 Å². The molecule has 1 atom stereocenters. The minimum atomic E-state index is -2.50. The first-order chi connectivity index (χ1) is 6.03. The number of likely N-dealkylation sites (tertiary alicyclic amines) is 1. The standard InChI is InChI=1S/C8H16F2N2O/c9-8(10)1-3-12(4-2-8)5-7(11)6-13/h7,13H,1-6,11H2. The molecule has 1 unspecified atom stereocenters. The summed E-state index contributed by atoms with van der Waals surface area (Å²) in [5, 5.41) is 8.67. The number of hydrogen-bond donors (Lipinski definition) is 2. The van der Waals surface area contributed by atoms with Crippen LogP contribution in [0.25, 0.3) is 0 Å². The van der Waals surface area contributed by atoms with Crippen LogP contribution in [0, 0.1) is 0 Å². The summed E-state index contributed by atoms with van der Waals surface area (Å²) in [5.41, 5.74) is 5.49. The molecular formula is C8H16F2N2O. The lowest BCUT2D eigenvalue weighted by Gasteiger charge is -2.32. The molecule has 0 amide bonds. The lowest BCUT2D eigenvalue weighted by Crippen LogP contribution is -2.46. The highest BCUT2D eigenvalue weighted by atomic mass is 19.3. The Balaban J connectivity index is 2.25. The van der Waals surface area contributed by atoms with Gasteiger partial charge in [-0.25, -0.2) is 8.78 Å². The molecule has 0 radical (unpaired) electrons. The molecule has 3 N–H and O–H groups in total. The van der Waals surface area contributed by atoms with Crippen LogP contribution >= 0.6 is 0 Å². The summed E-state index contributed by atoms with van der Waals surface area (Å²) in [7, 11) is 0. The van der Waals surface area contributed by atoms with E-state index in [0.717, 1.165) is 0 Å². The average molecular weight is 194 g/mol. The maximum atomic E-state index is 12.7. The van der Waals surface area contributed by atoms with Gasteiger partial charge in [-0.3, -0.25) is 0 Å². The molecule has 0 saturated carbocycles. The quantitative estimate of drug-likeness (QED) is 0.666. The number of halogens is 2. The number of rotatable bonds is 3. The summed E-state index contributed by atoms with van der Waals surface area (Å²) < 4.78 is 25.4. The Kier molecular flexibility index (Phi) is 3.58. The second kappa shape index (κ2) is 4.30. The number of alkyl halides is 2. The second-order valence-electron chi connectivity index (χ2n) is 3.60. The van der Waals surface area contributed by atoms with Gasteiger partial charge in [-0.05, 0) is 0 Å². The highest BCUT2D eigenvalue weighted by molar-refractivity contribution is 4.79. The van der Waals surface area contributed by atoms with Gasteiger partial charge in [0.25, 0.3) is 5.92 Å². The lowest BCUT2D eigenvalue weighted by molar-refractivity contribution is -0.0564. The monoisotopic (exact) mass is 194 g/mol. The molecule has 1 rings (SSSR count). The van der Waals surface area contributed by atoms with Gasteiger partial charge in [-0.2, -0.15) is 0 Å². The fourth-order valence-corrected chi connectivity index (χ4v) is 1.45. The summed E-state index contributed by atoms with van der Waals surface area (Å²) in [4.78, 5) is 1.87. The highest BCUT2D eigenvalue weighted by Gasteiger charge is 2.33. The Labute approximate surface area is 76.5 Å². The van der Waals surface area contributed by atoms with Crippen LogP contribution in [-0.2, 0) is 0 Å². The van der Waals surface area contributed by atoms with Crippen molar-refractivity contribution in [2.75, 3.05) is 26.2 Å². The second-order valence-corrected chi connectivity index (χ2v) is 3.60. The molecule has 0 aromatic heterocycles. The van der Waals surface area contributed by atoms with Crippen LogP contribution < -0.4 is 5.73 Å². The molecule has 13 heavy (non-hydrogen) atoms. The van der Waals surface area contributed by atoms with Gasteiger partial charge < -0.3 is 15.7 Å². The van der Waals surface area contributed by atoms with Crippen molar-refractivity contribution < 1.29 is 13.9 Å². The van der Waals surface area contributed by atoms with Gasteiger partial charge in [0.2, 0.25) is 0 Å². The molecule has 0 spiro atoms. The third-order valence-corrected chi connectivity index (χ3v) is 2.31. The van der Waals surface area contributed by atoms with Crippen molar-refractivity contribution in [1.82, 2.24) is 4.90 Å². The molecular weight excluding hydrogens is 178 g/mol. The Morgan fingerprint density at radius 3 is 2.38 bits per heavy atom. The van der Waals surface area contributed by atoms with Gasteiger partial charge in [0.05, 0.1) is 6.61 Å². The SMILES string of the molecule is NC(CO)CN1CCC(F)(F)CC1. The van der Waals surface area contributed by atoms with Gasteiger partial charge in [-0.1, -0.05) is 0 Å². The molecule has 1 aliphatic heterocycles. The first-order valence-electron chi connectivity index (χ1n) is 4.50. The fraction of sp³-hybridized carbons (Fsp3) is 1.00. The Bertz CT molecular complexity index is 156. The van der Waals surface area contributed by atoms with E-state index in [1.54, 1.807) is 0 Å². The normalized spacial score (nSPS) is 25.8. The first kappa shape index (κ1) is 10.8. The van der Waals surface area contributed by atoms with E-state index in [2.05, 4.69) is 0 Å². The van der Waals surface area contributed by atoms with E-state index in [-0.39, 0.29) is 25.5 Å². The molecule has 5 heteroatoms. The van der Waals surface area contributed by atoms with Crippen molar-refractivity contribution in [3.05, 3.63) is 0 Å². The van der Waals surface area contributed by atoms with E-state index in [1.165, 1.54) is 0 Å². The fourth-order valence-electron chi connectivity index (χ4n) is 1.45. The van der Waals surface area contributed by atoms with Crippen LogP contribution in [0.2, 0.25) is 0 Å². The molecule has 1 fully saturated rings. The number of aliphatic hydroxyl groups is 1. The first-order valence-corrected chi connectivity index (χ1v) is 4.50. The van der Waals surface area contributed by atoms with Gasteiger partial charge in [0.1, 0.15) is 0 Å². The highest BCUT2D eigenvalue weighted by Crippen LogP contribution is 2.27. The van der Waals surface area contributed by atoms with E-state index >= 15 is 0 Å². The smallest absolute Gasteiger partial charge is 0.250 e. The van der Waals surface area contributed by atoms with Crippen LogP contribution in [0.4, 0.5) is 8.78 Å². The number of nitrogens with two attached hydrogens (primary N) is 1. The van der Waals surface area contributed by atoms with Crippen LogP contribution in [0.3, 0.4) is 0 Å². The summed E-state index contributed by atoms with van der Waals surface area (Å²) in [6.07, 6.45) is -0.184. The van der Waals surface area contributed by atoms with Crippen LogP contribution in [0.15, 0.2) is 0 Å². The predicted molar refractivity (Wildman–Crippen MR) is 45.7 cm³/mol. The topological polar surface area (TPSA) is 49.5 Å². The average Bonchev–Trinajstić information content (AvgIpc) is 2.08. The zero-order valence-electron chi connectivity index (χ0n) is 7.55. The molecule has 0 aliphatic carbocycles. The molecule has 0 bridgehead atoms. The molecule has 3 nitrogen and oxygen atoms in total. The molecule has 0 aromatic carbocycles. The third-order valence-electron chi connectivity index (χ3n) is 2.31. The van der Waals surface area contributed by atoms with Crippen LogP contribution in [0.5, 0.6) is 0 Å². The van der Waals surface area contributed by atoms with Crippen molar-refractivity contribution in [3.63, 3.8) is 0 Å². The van der Waals surface area contributed by atoms with E-state index in [1.807, 2.05) is 4.90 Å². The zero-order valence-corrected chi connectivity index (χ0v) is 7.55. The van der Waals surface area contributed by atoms with Crippen molar-refractivity contribution >= 4 is 0 Å². The largest absolute Gasteiger partial charge is 0.395 e. The van der Waals surface area contributed by atoms with Crippen LogP contribution in [-0.4, -0.2) is 48.2 Å². The van der Waals surface area contributed by atoms with Crippen molar-refractivity contribution in [2.24, 2.45) is 5.73 Å². The molecule has 1 aliphatic rings. The van der Waals surface area contributed by atoms with Gasteiger partial charge >= 0.3 is 0 Å². The van der Waals surface area contributed by atoms with Crippen molar-refractivity contribution in [3.8, 4) is 0 Å². The van der Waals surface area contributed by atoms with E-state index < -0.39 is 5.92 Å². The van der Waals surface area contributed by atoms with E-state index in [0.29, 0.717) is 19.6 Å². The minimum Gasteiger partial charge on any atom is -0.395 e. The van der Waals surface area contributed by atoms with E-state index in [9.17, 15) is 8.78 Å². The molecule has 1 saturated heterocycles. The lowest BCUT2D eigenvalue weighted by atomic mass is 10.1.